The Bertz CT molecular complexity index is 1620. The lowest BCUT2D eigenvalue weighted by Crippen LogP contribution is -2.14. The number of hydrogen-bond acceptors (Lipinski definition) is 6. The van der Waals surface area contributed by atoms with Crippen LogP contribution in [0.5, 0.6) is 0 Å². The van der Waals surface area contributed by atoms with Gasteiger partial charge in [0.1, 0.15) is 6.07 Å². The number of anilines is 3. The molecule has 3 aromatic carbocycles. The van der Waals surface area contributed by atoms with Gasteiger partial charge in [-0.15, -0.1) is 5.10 Å². The van der Waals surface area contributed by atoms with E-state index in [1.165, 1.54) is 6.07 Å². The Balaban J connectivity index is 1.28. The van der Waals surface area contributed by atoms with Crippen LogP contribution in [0.1, 0.15) is 11.1 Å². The quantitative estimate of drug-likeness (QED) is 0.358. The molecule has 176 valence electrons. The maximum atomic E-state index is 13.4. The first kappa shape index (κ1) is 22.6. The Labute approximate surface area is 203 Å². The van der Waals surface area contributed by atoms with Gasteiger partial charge >= 0.3 is 0 Å². The number of nitrogens with zero attached hydrogens (tertiary/aromatic N) is 5. The zero-order valence-electron chi connectivity index (χ0n) is 18.6. The average molecular weight is 481 g/mol. The van der Waals surface area contributed by atoms with E-state index in [0.717, 1.165) is 17.7 Å². The third-order valence-electron chi connectivity index (χ3n) is 5.33. The summed E-state index contributed by atoms with van der Waals surface area (Å²) in [6.07, 6.45) is 3.22. The van der Waals surface area contributed by atoms with Crippen LogP contribution >= 0.6 is 0 Å². The molecule has 5 aromatic rings. The van der Waals surface area contributed by atoms with Gasteiger partial charge in [0, 0.05) is 11.3 Å². The summed E-state index contributed by atoms with van der Waals surface area (Å²) in [4.78, 5) is 21.1. The second kappa shape index (κ2) is 9.60. The number of carbonyl (C=O) groups excluding carboxylic acids is 1. The summed E-state index contributed by atoms with van der Waals surface area (Å²) in [7, 11) is 0. The number of amides is 1. The second-order valence-corrected chi connectivity index (χ2v) is 7.84. The van der Waals surface area contributed by atoms with Crippen molar-refractivity contribution in [3.8, 4) is 17.3 Å². The zero-order chi connectivity index (χ0) is 25.1. The molecule has 10 heteroatoms. The molecule has 5 rings (SSSR count). The number of para-hydroxylation sites is 1. The lowest BCUT2D eigenvalue weighted by Gasteiger charge is -2.07. The molecule has 0 saturated carbocycles. The van der Waals surface area contributed by atoms with E-state index in [1.54, 1.807) is 59.4 Å². The predicted molar refractivity (Wildman–Crippen MR) is 129 cm³/mol. The Morgan fingerprint density at radius 1 is 1.03 bits per heavy atom. The monoisotopic (exact) mass is 481 g/mol. The minimum atomic E-state index is -0.989. The molecule has 2 aromatic heterocycles. The van der Waals surface area contributed by atoms with Crippen molar-refractivity contribution in [2.75, 3.05) is 10.6 Å². The molecule has 0 saturated heterocycles. The van der Waals surface area contributed by atoms with Crippen molar-refractivity contribution in [1.29, 1.82) is 5.26 Å². The molecule has 2 N–H and O–H groups in total. The topological polar surface area (TPSA) is 108 Å². The number of rotatable bonds is 6. The molecule has 0 aliphatic heterocycles. The van der Waals surface area contributed by atoms with Crippen LogP contribution in [0.3, 0.4) is 0 Å². The lowest BCUT2D eigenvalue weighted by molar-refractivity contribution is -0.115. The Morgan fingerprint density at radius 2 is 1.83 bits per heavy atom. The number of halogens is 2. The van der Waals surface area contributed by atoms with Crippen molar-refractivity contribution >= 4 is 28.9 Å². The minimum absolute atomic E-state index is 0.0846. The second-order valence-electron chi connectivity index (χ2n) is 7.84. The minimum Gasteiger partial charge on any atom is -0.326 e. The largest absolute Gasteiger partial charge is 0.326 e. The fraction of sp³-hybridized carbons (Fsp3) is 0.0385. The van der Waals surface area contributed by atoms with Crippen LogP contribution in [-0.2, 0) is 11.2 Å². The first-order chi connectivity index (χ1) is 17.5. The number of carbonyl (C=O) groups is 1. The van der Waals surface area contributed by atoms with Crippen molar-refractivity contribution < 1.29 is 13.6 Å². The van der Waals surface area contributed by atoms with E-state index in [4.69, 9.17) is 0 Å². The van der Waals surface area contributed by atoms with E-state index in [-0.39, 0.29) is 12.3 Å². The predicted octanol–water partition coefficient (Wildman–Crippen LogP) is 4.87. The van der Waals surface area contributed by atoms with Crippen molar-refractivity contribution in [2.24, 2.45) is 0 Å². The smallest absolute Gasteiger partial charge is 0.247 e. The van der Waals surface area contributed by atoms with Crippen LogP contribution in [0.25, 0.3) is 16.9 Å². The van der Waals surface area contributed by atoms with Crippen molar-refractivity contribution in [2.45, 2.75) is 6.42 Å². The molecule has 0 aliphatic carbocycles. The summed E-state index contributed by atoms with van der Waals surface area (Å²) in [5, 5.41) is 19.5. The number of nitrogens with one attached hydrogen (secondary N) is 2. The molecule has 0 radical (unpaired) electrons. The third-order valence-corrected chi connectivity index (χ3v) is 5.33. The maximum absolute atomic E-state index is 13.4. The van der Waals surface area contributed by atoms with E-state index in [0.29, 0.717) is 39.8 Å². The summed E-state index contributed by atoms with van der Waals surface area (Å²) in [6.45, 7) is 0. The van der Waals surface area contributed by atoms with Gasteiger partial charge in [0.15, 0.2) is 17.3 Å². The normalized spacial score (nSPS) is 10.7. The van der Waals surface area contributed by atoms with Gasteiger partial charge in [0.05, 0.1) is 35.8 Å². The van der Waals surface area contributed by atoms with Crippen molar-refractivity contribution in [3.63, 3.8) is 0 Å². The highest BCUT2D eigenvalue weighted by Gasteiger charge is 2.10. The summed E-state index contributed by atoms with van der Waals surface area (Å²) in [6, 6.07) is 19.6. The molecule has 0 aliphatic rings. The summed E-state index contributed by atoms with van der Waals surface area (Å²) in [5.74, 6) is -1.97. The average Bonchev–Trinajstić information content (AvgIpc) is 3.28. The summed E-state index contributed by atoms with van der Waals surface area (Å²) < 4.78 is 28.0. The number of hydrogen-bond donors (Lipinski definition) is 2. The van der Waals surface area contributed by atoms with Crippen LogP contribution < -0.4 is 10.6 Å². The zero-order valence-corrected chi connectivity index (χ0v) is 18.6. The molecule has 1 amide bonds. The van der Waals surface area contributed by atoms with Gasteiger partial charge in [-0.3, -0.25) is 9.78 Å². The highest BCUT2D eigenvalue weighted by molar-refractivity contribution is 5.92. The van der Waals surface area contributed by atoms with Crippen LogP contribution in [0.15, 0.2) is 79.1 Å². The molecule has 0 bridgehead atoms. The lowest BCUT2D eigenvalue weighted by atomic mass is 10.1. The van der Waals surface area contributed by atoms with Gasteiger partial charge in [0.2, 0.25) is 11.9 Å². The molecule has 0 atom stereocenters. The number of benzene rings is 3. The summed E-state index contributed by atoms with van der Waals surface area (Å²) >= 11 is 0. The van der Waals surface area contributed by atoms with E-state index in [9.17, 15) is 18.8 Å². The molecular formula is C26H17F2N7O. The van der Waals surface area contributed by atoms with Crippen LogP contribution in [0, 0.1) is 23.0 Å². The van der Waals surface area contributed by atoms with E-state index in [2.05, 4.69) is 31.8 Å². The molecule has 0 unspecified atom stereocenters. The molecule has 36 heavy (non-hydrogen) atoms. The first-order valence-corrected chi connectivity index (χ1v) is 10.8. The van der Waals surface area contributed by atoms with Gasteiger partial charge in [-0.05, 0) is 42.0 Å². The van der Waals surface area contributed by atoms with Crippen LogP contribution in [0.4, 0.5) is 26.1 Å². The molecule has 8 nitrogen and oxygen atoms in total. The van der Waals surface area contributed by atoms with E-state index < -0.39 is 11.6 Å². The van der Waals surface area contributed by atoms with Crippen LogP contribution in [-0.4, -0.2) is 25.5 Å². The fourth-order valence-electron chi connectivity index (χ4n) is 3.57. The highest BCUT2D eigenvalue weighted by Crippen LogP contribution is 2.22. The first-order valence-electron chi connectivity index (χ1n) is 10.8. The molecule has 0 fully saturated rings. The van der Waals surface area contributed by atoms with Crippen LogP contribution in [0.2, 0.25) is 0 Å². The van der Waals surface area contributed by atoms with E-state index in [1.807, 2.05) is 6.07 Å². The van der Waals surface area contributed by atoms with Gasteiger partial charge in [0.25, 0.3) is 0 Å². The van der Waals surface area contributed by atoms with Gasteiger partial charge in [-0.25, -0.2) is 13.3 Å². The molecular weight excluding hydrogens is 464 g/mol. The number of fused-ring (bicyclic) bond motifs is 1. The van der Waals surface area contributed by atoms with Crippen molar-refractivity contribution in [3.05, 3.63) is 102 Å². The molecule has 0 spiro atoms. The third kappa shape index (κ3) is 4.85. The standard InChI is InChI=1S/C26H17F2N7O/c27-20-10-5-16(11-21(20)28)12-25(36)31-19-8-6-17(7-9-19)23-15-35-24(14-30-23)33-26(34-35)32-22-4-2-1-3-18(22)13-29/h1-11,14-15H,12H2,(H,31,36)(H,32,34). The number of nitriles is 1. The Kier molecular flexibility index (Phi) is 6.03. The SMILES string of the molecule is N#Cc1ccccc1Nc1nc2cnc(-c3ccc(NC(=O)Cc4ccc(F)c(F)c4)cc3)cn2n1. The Morgan fingerprint density at radius 3 is 2.61 bits per heavy atom. The summed E-state index contributed by atoms with van der Waals surface area (Å²) in [5.41, 5.74) is 3.95. The van der Waals surface area contributed by atoms with Gasteiger partial charge < -0.3 is 10.6 Å². The van der Waals surface area contributed by atoms with Crippen molar-refractivity contribution in [1.82, 2.24) is 19.6 Å². The van der Waals surface area contributed by atoms with Gasteiger partial charge in [-0.2, -0.15) is 10.2 Å². The van der Waals surface area contributed by atoms with E-state index >= 15 is 0 Å². The maximum Gasteiger partial charge on any atom is 0.247 e. The molecule has 2 heterocycles. The number of aromatic nitrogens is 4. The highest BCUT2D eigenvalue weighted by atomic mass is 19.2. The fourth-order valence-corrected chi connectivity index (χ4v) is 3.57. The Hall–Kier alpha value is -5.17. The van der Waals surface area contributed by atoms with Gasteiger partial charge in [-0.1, -0.05) is 30.3 Å².